The van der Waals surface area contributed by atoms with Crippen LogP contribution in [-0.4, -0.2) is 13.7 Å². The van der Waals surface area contributed by atoms with Gasteiger partial charge < -0.3 is 15.2 Å². The Balaban J connectivity index is 1.82. The first-order chi connectivity index (χ1) is 8.78. The fourth-order valence-corrected chi connectivity index (χ4v) is 1.64. The molecule has 94 valence electrons. The van der Waals surface area contributed by atoms with Gasteiger partial charge in [-0.3, -0.25) is 0 Å². The third-order valence-electron chi connectivity index (χ3n) is 2.70. The fraction of sp³-hybridized carbons (Fsp3) is 0.200. The lowest BCUT2D eigenvalue weighted by atomic mass is 10.1. The van der Waals surface area contributed by atoms with Crippen LogP contribution in [0.2, 0.25) is 0 Å². The number of nitrogens with two attached hydrogens (primary N) is 1. The van der Waals surface area contributed by atoms with Gasteiger partial charge in [0.15, 0.2) is 0 Å². The number of rotatable bonds is 5. The lowest BCUT2D eigenvalue weighted by Gasteiger charge is -2.07. The van der Waals surface area contributed by atoms with Gasteiger partial charge >= 0.3 is 0 Å². The van der Waals surface area contributed by atoms with Crippen molar-refractivity contribution in [3.05, 3.63) is 54.1 Å². The van der Waals surface area contributed by atoms with Crippen molar-refractivity contribution in [2.24, 2.45) is 0 Å². The molecule has 0 bridgehead atoms. The minimum Gasteiger partial charge on any atom is -0.497 e. The minimum atomic E-state index is 0.649. The van der Waals surface area contributed by atoms with Crippen LogP contribution < -0.4 is 15.2 Å². The molecule has 0 fully saturated rings. The van der Waals surface area contributed by atoms with Crippen LogP contribution in [0.1, 0.15) is 5.56 Å². The highest BCUT2D eigenvalue weighted by Crippen LogP contribution is 2.15. The van der Waals surface area contributed by atoms with E-state index in [1.807, 2.05) is 48.5 Å². The van der Waals surface area contributed by atoms with E-state index in [4.69, 9.17) is 15.2 Å². The first-order valence-corrected chi connectivity index (χ1v) is 5.89. The predicted molar refractivity (Wildman–Crippen MR) is 73.0 cm³/mol. The lowest BCUT2D eigenvalue weighted by Crippen LogP contribution is -2.01. The Morgan fingerprint density at radius 2 is 1.50 bits per heavy atom. The molecular formula is C15H17NO2. The van der Waals surface area contributed by atoms with E-state index in [0.29, 0.717) is 6.61 Å². The van der Waals surface area contributed by atoms with Crippen molar-refractivity contribution in [1.29, 1.82) is 0 Å². The van der Waals surface area contributed by atoms with Gasteiger partial charge in [-0.15, -0.1) is 0 Å². The third-order valence-corrected chi connectivity index (χ3v) is 2.70. The van der Waals surface area contributed by atoms with E-state index in [1.54, 1.807) is 7.11 Å². The molecule has 2 N–H and O–H groups in total. The van der Waals surface area contributed by atoms with Crippen LogP contribution in [0.3, 0.4) is 0 Å². The third kappa shape index (κ3) is 3.42. The van der Waals surface area contributed by atoms with E-state index in [2.05, 4.69) is 0 Å². The van der Waals surface area contributed by atoms with Crippen LogP contribution in [0, 0.1) is 0 Å². The van der Waals surface area contributed by atoms with Gasteiger partial charge in [0.1, 0.15) is 11.5 Å². The van der Waals surface area contributed by atoms with Gasteiger partial charge in [0.25, 0.3) is 0 Å². The Morgan fingerprint density at radius 1 is 0.889 bits per heavy atom. The highest BCUT2D eigenvalue weighted by atomic mass is 16.5. The van der Waals surface area contributed by atoms with Crippen molar-refractivity contribution < 1.29 is 9.47 Å². The van der Waals surface area contributed by atoms with E-state index < -0.39 is 0 Å². The van der Waals surface area contributed by atoms with Gasteiger partial charge in [-0.2, -0.15) is 0 Å². The second-order valence-electron chi connectivity index (χ2n) is 4.02. The zero-order valence-corrected chi connectivity index (χ0v) is 10.4. The Bertz CT molecular complexity index is 477. The molecule has 18 heavy (non-hydrogen) atoms. The number of methoxy groups -OCH3 is 1. The van der Waals surface area contributed by atoms with Crippen molar-refractivity contribution in [2.75, 3.05) is 19.5 Å². The maximum atomic E-state index is 5.63. The van der Waals surface area contributed by atoms with Crippen LogP contribution in [-0.2, 0) is 6.42 Å². The molecule has 2 aromatic rings. The summed E-state index contributed by atoms with van der Waals surface area (Å²) in [4.78, 5) is 0. The van der Waals surface area contributed by atoms with E-state index in [1.165, 1.54) is 5.56 Å². The summed E-state index contributed by atoms with van der Waals surface area (Å²) in [5.41, 5.74) is 7.58. The molecule has 0 saturated heterocycles. The van der Waals surface area contributed by atoms with Crippen LogP contribution in [0.25, 0.3) is 0 Å². The van der Waals surface area contributed by atoms with Crippen molar-refractivity contribution in [1.82, 2.24) is 0 Å². The van der Waals surface area contributed by atoms with E-state index in [0.717, 1.165) is 23.6 Å². The molecule has 0 atom stereocenters. The Morgan fingerprint density at radius 3 is 2.11 bits per heavy atom. The molecule has 0 saturated carbocycles. The number of hydrogen-bond donors (Lipinski definition) is 1. The van der Waals surface area contributed by atoms with Crippen molar-refractivity contribution in [2.45, 2.75) is 6.42 Å². The predicted octanol–water partition coefficient (Wildman–Crippen LogP) is 2.90. The quantitative estimate of drug-likeness (QED) is 0.821. The molecule has 0 spiro atoms. The molecule has 0 unspecified atom stereocenters. The molecule has 0 aromatic heterocycles. The normalized spacial score (nSPS) is 10.1. The average molecular weight is 243 g/mol. The van der Waals surface area contributed by atoms with Crippen LogP contribution >= 0.6 is 0 Å². The largest absolute Gasteiger partial charge is 0.497 e. The number of ether oxygens (including phenoxy) is 2. The summed E-state index contributed by atoms with van der Waals surface area (Å²) in [6, 6.07) is 15.4. The van der Waals surface area contributed by atoms with Crippen molar-refractivity contribution >= 4 is 5.69 Å². The molecular weight excluding hydrogens is 226 g/mol. The summed E-state index contributed by atoms with van der Waals surface area (Å²) in [7, 11) is 1.67. The minimum absolute atomic E-state index is 0.649. The van der Waals surface area contributed by atoms with Gasteiger partial charge in [-0.05, 0) is 42.0 Å². The molecule has 0 aliphatic carbocycles. The number of hydrogen-bond acceptors (Lipinski definition) is 3. The molecule has 0 heterocycles. The highest BCUT2D eigenvalue weighted by Gasteiger charge is 1.97. The van der Waals surface area contributed by atoms with Gasteiger partial charge in [0.05, 0.1) is 13.7 Å². The summed E-state index contributed by atoms with van der Waals surface area (Å²) < 4.78 is 10.7. The maximum absolute atomic E-state index is 5.63. The Kier molecular flexibility index (Phi) is 4.07. The summed E-state index contributed by atoms with van der Waals surface area (Å²) in [6.45, 7) is 0.649. The summed E-state index contributed by atoms with van der Waals surface area (Å²) >= 11 is 0. The summed E-state index contributed by atoms with van der Waals surface area (Å²) in [6.07, 6.45) is 0.869. The standard InChI is InChI=1S/C15H17NO2/c1-17-14-6-2-12(3-7-14)10-11-18-15-8-4-13(16)5-9-15/h2-9H,10-11,16H2,1H3. The molecule has 3 nitrogen and oxygen atoms in total. The average Bonchev–Trinajstić information content (AvgIpc) is 2.42. The summed E-state index contributed by atoms with van der Waals surface area (Å²) in [5, 5.41) is 0. The molecule has 0 amide bonds. The number of anilines is 1. The topological polar surface area (TPSA) is 44.5 Å². The number of benzene rings is 2. The fourth-order valence-electron chi connectivity index (χ4n) is 1.64. The molecule has 2 rings (SSSR count). The first kappa shape index (κ1) is 12.3. The molecule has 0 radical (unpaired) electrons. The van der Waals surface area contributed by atoms with E-state index >= 15 is 0 Å². The van der Waals surface area contributed by atoms with Gasteiger partial charge in [-0.1, -0.05) is 12.1 Å². The summed E-state index contributed by atoms with van der Waals surface area (Å²) in [5.74, 6) is 1.72. The van der Waals surface area contributed by atoms with Crippen LogP contribution in [0.4, 0.5) is 5.69 Å². The van der Waals surface area contributed by atoms with E-state index in [-0.39, 0.29) is 0 Å². The van der Waals surface area contributed by atoms with E-state index in [9.17, 15) is 0 Å². The zero-order chi connectivity index (χ0) is 12.8. The molecule has 3 heteroatoms. The second-order valence-corrected chi connectivity index (χ2v) is 4.02. The van der Waals surface area contributed by atoms with Crippen molar-refractivity contribution in [3.63, 3.8) is 0 Å². The van der Waals surface area contributed by atoms with Gasteiger partial charge in [-0.25, -0.2) is 0 Å². The highest BCUT2D eigenvalue weighted by molar-refractivity contribution is 5.41. The molecule has 0 aliphatic heterocycles. The van der Waals surface area contributed by atoms with Crippen LogP contribution in [0.5, 0.6) is 11.5 Å². The molecule has 0 aliphatic rings. The maximum Gasteiger partial charge on any atom is 0.119 e. The van der Waals surface area contributed by atoms with Crippen molar-refractivity contribution in [3.8, 4) is 11.5 Å². The van der Waals surface area contributed by atoms with Gasteiger partial charge in [0.2, 0.25) is 0 Å². The van der Waals surface area contributed by atoms with Crippen LogP contribution in [0.15, 0.2) is 48.5 Å². The monoisotopic (exact) mass is 243 g/mol. The first-order valence-electron chi connectivity index (χ1n) is 5.89. The second kappa shape index (κ2) is 5.96. The number of nitrogen functional groups attached to an aromatic ring is 1. The lowest BCUT2D eigenvalue weighted by molar-refractivity contribution is 0.322. The molecule has 2 aromatic carbocycles. The van der Waals surface area contributed by atoms with Gasteiger partial charge in [0, 0.05) is 12.1 Å². The smallest absolute Gasteiger partial charge is 0.119 e. The Labute approximate surface area is 107 Å². The zero-order valence-electron chi connectivity index (χ0n) is 10.4. The SMILES string of the molecule is COc1ccc(CCOc2ccc(N)cc2)cc1. The Hall–Kier alpha value is -2.16.